The van der Waals surface area contributed by atoms with Crippen LogP contribution in [-0.2, 0) is 0 Å². The molecule has 37 heavy (non-hydrogen) atoms. The number of para-hydroxylation sites is 3. The second-order valence-corrected chi connectivity index (χ2v) is 8.88. The van der Waals surface area contributed by atoms with Crippen molar-refractivity contribution in [3.05, 3.63) is 158 Å². The Balaban J connectivity index is 1.59. The van der Waals surface area contributed by atoms with Gasteiger partial charge in [-0.05, 0) is 6.07 Å². The predicted molar refractivity (Wildman–Crippen MR) is 153 cm³/mol. The first kappa shape index (κ1) is 22.6. The molecule has 0 N–H and O–H groups in total. The van der Waals surface area contributed by atoms with Crippen molar-refractivity contribution in [3.8, 4) is 22.5 Å². The average Bonchev–Trinajstić information content (AvgIpc) is 3.00. The van der Waals surface area contributed by atoms with Crippen molar-refractivity contribution in [1.29, 1.82) is 0 Å². The first-order valence-corrected chi connectivity index (χ1v) is 12.4. The van der Waals surface area contributed by atoms with Gasteiger partial charge in [0.05, 0.1) is 11.4 Å². The Bertz CT molecular complexity index is 1500. The predicted octanol–water partition coefficient (Wildman–Crippen LogP) is 9.11. The summed E-state index contributed by atoms with van der Waals surface area (Å²) in [5.74, 6) is 0. The van der Waals surface area contributed by atoms with Crippen LogP contribution in [0.3, 0.4) is 0 Å². The van der Waals surface area contributed by atoms with E-state index in [-0.39, 0.29) is 0 Å². The van der Waals surface area contributed by atoms with E-state index in [9.17, 15) is 0 Å². The van der Waals surface area contributed by atoms with E-state index in [2.05, 4.69) is 143 Å². The van der Waals surface area contributed by atoms with E-state index in [1.165, 1.54) is 0 Å². The summed E-state index contributed by atoms with van der Waals surface area (Å²) in [5.41, 5.74) is 8.52. The quantitative estimate of drug-likeness (QED) is 0.224. The molecular weight excluding hydrogens is 450 g/mol. The summed E-state index contributed by atoms with van der Waals surface area (Å²) in [6.07, 6.45) is 1.65. The lowest BCUT2D eigenvalue weighted by molar-refractivity contribution is 0.704. The Morgan fingerprint density at radius 2 is 0.757 bits per heavy atom. The van der Waals surface area contributed by atoms with Gasteiger partial charge in [-0.15, -0.1) is 0 Å². The maximum absolute atomic E-state index is 4.66. The fourth-order valence-electron chi connectivity index (χ4n) is 5.01. The summed E-state index contributed by atoms with van der Waals surface area (Å²) in [6.45, 7) is 0. The molecule has 3 nitrogen and oxygen atoms in total. The maximum Gasteiger partial charge on any atom is 0.148 e. The van der Waals surface area contributed by atoms with Gasteiger partial charge in [0.2, 0.25) is 0 Å². The summed E-state index contributed by atoms with van der Waals surface area (Å²) < 4.78 is 0.451. The van der Waals surface area contributed by atoms with Crippen molar-refractivity contribution < 1.29 is 0 Å². The SMILES string of the molecule is c1ccc(-c2cc(-c3cccc([N+](c4ccccc4)(c4ccccc4)c4ccccc4)c3)ncn2)cc1. The number of hydrogen-bond donors (Lipinski definition) is 0. The lowest BCUT2D eigenvalue weighted by Gasteiger charge is -2.37. The molecule has 0 aliphatic carbocycles. The van der Waals surface area contributed by atoms with Gasteiger partial charge >= 0.3 is 0 Å². The number of rotatable bonds is 6. The lowest BCUT2D eigenvalue weighted by atomic mass is 10.0. The molecule has 0 saturated carbocycles. The highest BCUT2D eigenvalue weighted by molar-refractivity contribution is 5.83. The summed E-state index contributed by atoms with van der Waals surface area (Å²) in [6, 6.07) is 53.0. The standard InChI is InChI=1S/C34H26N3/c1-5-14-27(15-6-1)33-25-34(36-26-35-33)28-16-13-23-32(24-28)37(29-17-7-2-8-18-29,30-19-9-3-10-20-30)31-21-11-4-12-22-31/h1-26H/q+1. The summed E-state index contributed by atoms with van der Waals surface area (Å²) >= 11 is 0. The zero-order valence-corrected chi connectivity index (χ0v) is 20.4. The van der Waals surface area contributed by atoms with Crippen LogP contribution in [-0.4, -0.2) is 9.97 Å². The average molecular weight is 477 g/mol. The monoisotopic (exact) mass is 476 g/mol. The third-order valence-electron chi connectivity index (χ3n) is 6.70. The first-order valence-electron chi connectivity index (χ1n) is 12.4. The molecule has 0 radical (unpaired) electrons. The molecule has 1 aromatic heterocycles. The molecule has 0 amide bonds. The highest BCUT2D eigenvalue weighted by Gasteiger charge is 2.39. The summed E-state index contributed by atoms with van der Waals surface area (Å²) in [4.78, 5) is 9.19. The first-order chi connectivity index (χ1) is 18.4. The van der Waals surface area contributed by atoms with Gasteiger partial charge < -0.3 is 0 Å². The molecule has 0 saturated heterocycles. The van der Waals surface area contributed by atoms with Crippen molar-refractivity contribution in [2.24, 2.45) is 0 Å². The van der Waals surface area contributed by atoms with E-state index in [1.54, 1.807) is 6.33 Å². The number of hydrogen-bond acceptors (Lipinski definition) is 2. The van der Waals surface area contributed by atoms with Crippen LogP contribution < -0.4 is 4.48 Å². The zero-order chi connectivity index (χ0) is 24.9. The molecule has 6 rings (SSSR count). The van der Waals surface area contributed by atoms with Gasteiger partial charge in [-0.1, -0.05) is 97.1 Å². The maximum atomic E-state index is 4.66. The second-order valence-electron chi connectivity index (χ2n) is 8.88. The molecule has 0 aliphatic rings. The highest BCUT2D eigenvalue weighted by atomic mass is 15.4. The molecule has 0 bridgehead atoms. The van der Waals surface area contributed by atoms with Crippen molar-refractivity contribution in [2.75, 3.05) is 0 Å². The van der Waals surface area contributed by atoms with E-state index >= 15 is 0 Å². The second kappa shape index (κ2) is 10.0. The van der Waals surface area contributed by atoms with Crippen molar-refractivity contribution in [1.82, 2.24) is 14.5 Å². The highest BCUT2D eigenvalue weighted by Crippen LogP contribution is 2.51. The van der Waals surface area contributed by atoms with E-state index in [0.29, 0.717) is 4.48 Å². The lowest BCUT2D eigenvalue weighted by Crippen LogP contribution is -2.33. The molecule has 0 spiro atoms. The van der Waals surface area contributed by atoms with Crippen LogP contribution in [0.25, 0.3) is 22.5 Å². The van der Waals surface area contributed by atoms with Gasteiger partial charge in [0, 0.05) is 59.7 Å². The summed E-state index contributed by atoms with van der Waals surface area (Å²) in [5, 5.41) is 0. The third kappa shape index (κ3) is 4.22. The van der Waals surface area contributed by atoms with Crippen molar-refractivity contribution in [2.45, 2.75) is 0 Å². The molecule has 0 fully saturated rings. The Morgan fingerprint density at radius 1 is 0.351 bits per heavy atom. The van der Waals surface area contributed by atoms with Crippen LogP contribution in [0.2, 0.25) is 0 Å². The Labute approximate surface area is 217 Å². The molecule has 176 valence electrons. The topological polar surface area (TPSA) is 25.8 Å². The molecular formula is C34H26N3+. The normalized spacial score (nSPS) is 11.2. The minimum Gasteiger partial charge on any atom is -0.236 e. The number of nitrogens with zero attached hydrogens (tertiary/aromatic N) is 3. The minimum atomic E-state index is 0.451. The number of benzene rings is 5. The molecule has 1 heterocycles. The van der Waals surface area contributed by atoms with Crippen molar-refractivity contribution in [3.63, 3.8) is 0 Å². The van der Waals surface area contributed by atoms with E-state index < -0.39 is 0 Å². The van der Waals surface area contributed by atoms with Crippen LogP contribution in [0.1, 0.15) is 0 Å². The van der Waals surface area contributed by atoms with Gasteiger partial charge in [-0.2, -0.15) is 4.48 Å². The van der Waals surface area contributed by atoms with Gasteiger partial charge in [0.1, 0.15) is 29.1 Å². The van der Waals surface area contributed by atoms with Gasteiger partial charge in [0.15, 0.2) is 0 Å². The van der Waals surface area contributed by atoms with Crippen LogP contribution in [0.15, 0.2) is 158 Å². The fourth-order valence-corrected chi connectivity index (χ4v) is 5.01. The molecule has 0 atom stereocenters. The minimum absolute atomic E-state index is 0.451. The third-order valence-corrected chi connectivity index (χ3v) is 6.70. The van der Waals surface area contributed by atoms with E-state index in [1.807, 2.05) is 18.2 Å². The molecule has 3 heteroatoms. The van der Waals surface area contributed by atoms with Crippen molar-refractivity contribution >= 4 is 22.7 Å². The molecule has 6 aromatic rings. The van der Waals surface area contributed by atoms with Gasteiger partial charge in [0.25, 0.3) is 0 Å². The van der Waals surface area contributed by atoms with Crippen LogP contribution in [0.4, 0.5) is 22.7 Å². The van der Waals surface area contributed by atoms with Crippen LogP contribution in [0, 0.1) is 0 Å². The molecule has 0 aliphatic heterocycles. The Hall–Kier alpha value is -4.86. The zero-order valence-electron chi connectivity index (χ0n) is 20.4. The summed E-state index contributed by atoms with van der Waals surface area (Å²) in [7, 11) is 0. The van der Waals surface area contributed by atoms with Gasteiger partial charge in [-0.3, -0.25) is 0 Å². The van der Waals surface area contributed by atoms with E-state index in [4.69, 9.17) is 0 Å². The number of aromatic nitrogens is 2. The fraction of sp³-hybridized carbons (Fsp3) is 0. The number of quaternary nitrogens is 1. The van der Waals surface area contributed by atoms with Crippen LogP contribution in [0.5, 0.6) is 0 Å². The Morgan fingerprint density at radius 3 is 1.27 bits per heavy atom. The molecule has 0 unspecified atom stereocenters. The smallest absolute Gasteiger partial charge is 0.148 e. The Kier molecular flexibility index (Phi) is 6.12. The molecule has 5 aromatic carbocycles. The largest absolute Gasteiger partial charge is 0.236 e. The van der Waals surface area contributed by atoms with Crippen LogP contribution >= 0.6 is 0 Å². The van der Waals surface area contributed by atoms with E-state index in [0.717, 1.165) is 45.3 Å². The van der Waals surface area contributed by atoms with Gasteiger partial charge in [-0.25, -0.2) is 9.97 Å².